The summed E-state index contributed by atoms with van der Waals surface area (Å²) in [6, 6.07) is 6.64. The van der Waals surface area contributed by atoms with Crippen molar-refractivity contribution in [3.05, 3.63) is 41.5 Å². The molecule has 2 heterocycles. The quantitative estimate of drug-likeness (QED) is 0.772. The number of nitrogens with zero attached hydrogens (tertiary/aromatic N) is 2. The van der Waals surface area contributed by atoms with Gasteiger partial charge in [-0.25, -0.2) is 5.43 Å². The highest BCUT2D eigenvalue weighted by molar-refractivity contribution is 8.15. The molecule has 3 N–H and O–H groups in total. The molecule has 122 valence electrons. The summed E-state index contributed by atoms with van der Waals surface area (Å²) in [6.45, 7) is 2.14. The number of hydrazone groups is 1. The number of carbonyl (C=O) groups is 1. The molecule has 1 aromatic rings. The summed E-state index contributed by atoms with van der Waals surface area (Å²) in [5.41, 5.74) is 4.47. The monoisotopic (exact) mass is 333 g/mol. The van der Waals surface area contributed by atoms with Gasteiger partial charge in [-0.3, -0.25) is 9.69 Å². The number of benzene rings is 1. The number of hydrogen-bond acceptors (Lipinski definition) is 6. The van der Waals surface area contributed by atoms with Crippen molar-refractivity contribution < 1.29 is 15.0 Å². The molecule has 1 atom stereocenters. The number of aromatic hydroxyl groups is 1. The van der Waals surface area contributed by atoms with E-state index in [-0.39, 0.29) is 11.7 Å². The molecule has 23 heavy (non-hydrogen) atoms. The Hall–Kier alpha value is -1.83. The number of carbonyl (C=O) groups excluding carboxylic acids is 1. The molecule has 0 saturated heterocycles. The Labute approximate surface area is 138 Å². The molecule has 2 aliphatic rings. The van der Waals surface area contributed by atoms with Crippen LogP contribution < -0.4 is 5.43 Å². The first kappa shape index (κ1) is 16.0. The van der Waals surface area contributed by atoms with Crippen molar-refractivity contribution in [2.75, 3.05) is 25.4 Å². The lowest BCUT2D eigenvalue weighted by Crippen LogP contribution is -2.34. The van der Waals surface area contributed by atoms with Crippen LogP contribution in [0.4, 0.5) is 0 Å². The van der Waals surface area contributed by atoms with Gasteiger partial charge >= 0.3 is 0 Å². The van der Waals surface area contributed by atoms with Crippen LogP contribution in [0.25, 0.3) is 0 Å². The number of aliphatic hydroxyl groups is 1. The second-order valence-corrected chi connectivity index (χ2v) is 6.55. The smallest absolute Gasteiger partial charge is 0.250 e. The summed E-state index contributed by atoms with van der Waals surface area (Å²) in [7, 11) is 0. The minimum atomic E-state index is -0.578. The van der Waals surface area contributed by atoms with Gasteiger partial charge in [-0.15, -0.1) is 0 Å². The van der Waals surface area contributed by atoms with Crippen molar-refractivity contribution in [2.45, 2.75) is 12.5 Å². The maximum Gasteiger partial charge on any atom is 0.250 e. The van der Waals surface area contributed by atoms with E-state index in [2.05, 4.69) is 21.5 Å². The highest BCUT2D eigenvalue weighted by Crippen LogP contribution is 2.23. The van der Waals surface area contributed by atoms with Crippen LogP contribution in [0.3, 0.4) is 0 Å². The third-order valence-electron chi connectivity index (χ3n) is 3.90. The Balaban J connectivity index is 1.56. The Morgan fingerprint density at radius 3 is 2.74 bits per heavy atom. The number of nitrogens with one attached hydrogen (secondary N) is 1. The fourth-order valence-electron chi connectivity index (χ4n) is 2.59. The predicted molar refractivity (Wildman–Crippen MR) is 90.2 cm³/mol. The van der Waals surface area contributed by atoms with Gasteiger partial charge < -0.3 is 10.2 Å². The third kappa shape index (κ3) is 4.13. The number of rotatable bonds is 4. The van der Waals surface area contributed by atoms with Crippen LogP contribution in [0, 0.1) is 0 Å². The SMILES string of the molecule is O=C1CSC(C2=CCN(CC(O)c3ccc(O)cc3)CC2)=NN1. The molecular formula is C16H19N3O3S. The average Bonchev–Trinajstić information content (AvgIpc) is 2.57. The first-order chi connectivity index (χ1) is 11.1. The highest BCUT2D eigenvalue weighted by atomic mass is 32.2. The lowest BCUT2D eigenvalue weighted by atomic mass is 10.1. The van der Waals surface area contributed by atoms with Gasteiger partial charge in [-0.2, -0.15) is 5.10 Å². The van der Waals surface area contributed by atoms with E-state index in [4.69, 9.17) is 0 Å². The minimum absolute atomic E-state index is 0.0613. The molecule has 3 rings (SSSR count). The van der Waals surface area contributed by atoms with Crippen LogP contribution in [0.5, 0.6) is 5.75 Å². The molecule has 6 nitrogen and oxygen atoms in total. The van der Waals surface area contributed by atoms with Crippen molar-refractivity contribution >= 4 is 22.7 Å². The maximum atomic E-state index is 11.1. The summed E-state index contributed by atoms with van der Waals surface area (Å²) in [6.07, 6.45) is 2.38. The Kier molecular flexibility index (Phi) is 5.00. The summed E-state index contributed by atoms with van der Waals surface area (Å²) in [5, 5.41) is 24.6. The molecular weight excluding hydrogens is 314 g/mol. The first-order valence-electron chi connectivity index (χ1n) is 7.50. The Bertz CT molecular complexity index is 642. The second kappa shape index (κ2) is 7.16. The van der Waals surface area contributed by atoms with Gasteiger partial charge in [-0.1, -0.05) is 30.0 Å². The largest absolute Gasteiger partial charge is 0.508 e. The zero-order valence-electron chi connectivity index (χ0n) is 12.6. The third-order valence-corrected chi connectivity index (χ3v) is 4.93. The molecule has 7 heteroatoms. The number of phenolic OH excluding ortho intramolecular Hbond substituents is 1. The average molecular weight is 333 g/mol. The highest BCUT2D eigenvalue weighted by Gasteiger charge is 2.21. The molecule has 0 aromatic heterocycles. The van der Waals surface area contributed by atoms with Crippen LogP contribution in [0.2, 0.25) is 0 Å². The number of thioether (sulfide) groups is 1. The number of aliphatic hydroxyl groups excluding tert-OH is 1. The van der Waals surface area contributed by atoms with E-state index in [1.807, 2.05) is 0 Å². The molecule has 0 radical (unpaired) electrons. The van der Waals surface area contributed by atoms with Crippen molar-refractivity contribution in [1.29, 1.82) is 0 Å². The van der Waals surface area contributed by atoms with Crippen molar-refractivity contribution in [2.24, 2.45) is 5.10 Å². The van der Waals surface area contributed by atoms with E-state index in [9.17, 15) is 15.0 Å². The van der Waals surface area contributed by atoms with Crippen molar-refractivity contribution in [3.8, 4) is 5.75 Å². The number of β-amino-alcohol motifs (C(OH)–C–C–N with tert-alkyl or cyclic N) is 1. The van der Waals surface area contributed by atoms with Crippen molar-refractivity contribution in [1.82, 2.24) is 10.3 Å². The predicted octanol–water partition coefficient (Wildman–Crippen LogP) is 1.23. The van der Waals surface area contributed by atoms with Crippen LogP contribution in [-0.4, -0.2) is 51.5 Å². The lowest BCUT2D eigenvalue weighted by Gasteiger charge is -2.29. The first-order valence-corrected chi connectivity index (χ1v) is 8.48. The molecule has 0 aliphatic carbocycles. The van der Waals surface area contributed by atoms with Gasteiger partial charge in [-0.05, 0) is 29.7 Å². The van der Waals surface area contributed by atoms with Crippen LogP contribution in [-0.2, 0) is 4.79 Å². The fraction of sp³-hybridized carbons (Fsp3) is 0.375. The van der Waals surface area contributed by atoms with Crippen LogP contribution in [0.1, 0.15) is 18.1 Å². The minimum Gasteiger partial charge on any atom is -0.508 e. The van der Waals surface area contributed by atoms with Gasteiger partial charge in [0.2, 0.25) is 0 Å². The zero-order valence-corrected chi connectivity index (χ0v) is 13.4. The molecule has 1 amide bonds. The molecule has 2 aliphatic heterocycles. The van der Waals surface area contributed by atoms with E-state index in [0.29, 0.717) is 12.3 Å². The van der Waals surface area contributed by atoms with E-state index in [1.165, 1.54) is 11.8 Å². The standard InChI is InChI=1S/C16H19N3O3S/c20-13-3-1-11(2-4-13)14(21)9-19-7-5-12(6-8-19)16-18-17-15(22)10-23-16/h1-5,14,20-21H,6-10H2,(H,17,22). The molecule has 1 unspecified atom stereocenters. The van der Waals surface area contributed by atoms with Gasteiger partial charge in [0, 0.05) is 19.6 Å². The number of phenols is 1. The summed E-state index contributed by atoms with van der Waals surface area (Å²) in [5.74, 6) is 0.553. The van der Waals surface area contributed by atoms with E-state index in [1.54, 1.807) is 24.3 Å². The number of hydrogen-bond donors (Lipinski definition) is 3. The summed E-state index contributed by atoms with van der Waals surface area (Å²) < 4.78 is 0. The fourth-order valence-corrected chi connectivity index (χ4v) is 3.41. The Morgan fingerprint density at radius 1 is 1.35 bits per heavy atom. The summed E-state index contributed by atoms with van der Waals surface area (Å²) in [4.78, 5) is 13.3. The van der Waals surface area contributed by atoms with Gasteiger partial charge in [0.15, 0.2) is 0 Å². The van der Waals surface area contributed by atoms with Crippen LogP contribution in [0.15, 0.2) is 41.0 Å². The van der Waals surface area contributed by atoms with E-state index < -0.39 is 6.10 Å². The number of amides is 1. The van der Waals surface area contributed by atoms with Gasteiger partial charge in [0.1, 0.15) is 10.8 Å². The van der Waals surface area contributed by atoms with E-state index in [0.717, 1.165) is 35.7 Å². The van der Waals surface area contributed by atoms with E-state index >= 15 is 0 Å². The second-order valence-electron chi connectivity index (χ2n) is 5.59. The zero-order chi connectivity index (χ0) is 16.2. The molecule has 0 bridgehead atoms. The van der Waals surface area contributed by atoms with Gasteiger partial charge in [0.05, 0.1) is 11.9 Å². The normalized spacial score (nSPS) is 20.5. The molecule has 0 saturated carbocycles. The van der Waals surface area contributed by atoms with Crippen LogP contribution >= 0.6 is 11.8 Å². The molecule has 0 fully saturated rings. The maximum absolute atomic E-state index is 11.1. The van der Waals surface area contributed by atoms with Gasteiger partial charge in [0.25, 0.3) is 5.91 Å². The Morgan fingerprint density at radius 2 is 2.13 bits per heavy atom. The molecule has 1 aromatic carbocycles. The van der Waals surface area contributed by atoms with Crippen molar-refractivity contribution in [3.63, 3.8) is 0 Å². The summed E-state index contributed by atoms with van der Waals surface area (Å²) >= 11 is 1.47. The topological polar surface area (TPSA) is 85.2 Å². The lowest BCUT2D eigenvalue weighted by molar-refractivity contribution is -0.118. The molecule has 0 spiro atoms.